The van der Waals surface area contributed by atoms with Crippen molar-refractivity contribution in [3.05, 3.63) is 95.1 Å². The molecular formula is C25H21F4N3O4S. The van der Waals surface area contributed by atoms with Gasteiger partial charge in [0, 0.05) is 25.1 Å². The normalized spacial score (nSPS) is 18.7. The highest BCUT2D eigenvalue weighted by Crippen LogP contribution is 2.53. The van der Waals surface area contributed by atoms with Gasteiger partial charge in [-0.3, -0.25) is 4.79 Å². The third-order valence-electron chi connectivity index (χ3n) is 6.15. The van der Waals surface area contributed by atoms with Crippen molar-refractivity contribution in [1.29, 1.82) is 0 Å². The molecule has 2 atom stereocenters. The Kier molecular flexibility index (Phi) is 6.72. The van der Waals surface area contributed by atoms with E-state index in [1.54, 1.807) is 6.07 Å². The van der Waals surface area contributed by atoms with E-state index in [4.69, 9.17) is 0 Å². The molecule has 0 aromatic heterocycles. The van der Waals surface area contributed by atoms with E-state index in [0.717, 1.165) is 29.2 Å². The van der Waals surface area contributed by atoms with E-state index in [9.17, 15) is 35.6 Å². The number of hydrogen-bond acceptors (Lipinski definition) is 4. The molecule has 1 unspecified atom stereocenters. The SMILES string of the molecule is Cc1ccccc1S(=O)(=O)NC(=O)NC1(C(=O)N(C)c2ccc(F)cc2F)C[C@@H]1c1cc(F)cc(F)c1. The molecule has 0 heterocycles. The molecule has 4 rings (SSSR count). The van der Waals surface area contributed by atoms with E-state index in [1.165, 1.54) is 32.2 Å². The van der Waals surface area contributed by atoms with Crippen molar-refractivity contribution < 1.29 is 35.6 Å². The lowest BCUT2D eigenvalue weighted by molar-refractivity contribution is -0.121. The molecule has 0 saturated heterocycles. The molecule has 3 aromatic carbocycles. The van der Waals surface area contributed by atoms with Crippen LogP contribution in [-0.4, -0.2) is 32.9 Å². The highest BCUT2D eigenvalue weighted by Gasteiger charge is 2.63. The fourth-order valence-corrected chi connectivity index (χ4v) is 5.45. The third-order valence-corrected chi connectivity index (χ3v) is 7.64. The molecule has 7 nitrogen and oxygen atoms in total. The molecule has 1 aliphatic rings. The van der Waals surface area contributed by atoms with Crippen LogP contribution in [0.25, 0.3) is 0 Å². The molecule has 1 fully saturated rings. The van der Waals surface area contributed by atoms with Gasteiger partial charge in [-0.1, -0.05) is 18.2 Å². The molecule has 194 valence electrons. The van der Waals surface area contributed by atoms with Crippen LogP contribution in [0.1, 0.15) is 23.5 Å². The summed E-state index contributed by atoms with van der Waals surface area (Å²) in [5, 5.41) is 2.32. The van der Waals surface area contributed by atoms with E-state index >= 15 is 0 Å². The Morgan fingerprint density at radius 3 is 2.22 bits per heavy atom. The van der Waals surface area contributed by atoms with E-state index in [2.05, 4.69) is 5.32 Å². The predicted molar refractivity (Wildman–Crippen MR) is 126 cm³/mol. The highest BCUT2D eigenvalue weighted by molar-refractivity contribution is 7.90. The molecule has 3 aromatic rings. The van der Waals surface area contributed by atoms with Crippen LogP contribution >= 0.6 is 0 Å². The first-order valence-corrected chi connectivity index (χ1v) is 12.4. The second kappa shape index (κ2) is 9.51. The summed E-state index contributed by atoms with van der Waals surface area (Å²) in [7, 11) is -3.18. The average Bonchev–Trinajstić information content (AvgIpc) is 3.52. The molecule has 12 heteroatoms. The molecule has 1 saturated carbocycles. The summed E-state index contributed by atoms with van der Waals surface area (Å²) in [6, 6.07) is 9.70. The number of likely N-dealkylation sites (N-methyl/N-ethyl adjacent to an activating group) is 1. The Labute approximate surface area is 210 Å². The maximum absolute atomic E-state index is 14.4. The molecule has 0 radical (unpaired) electrons. The van der Waals surface area contributed by atoms with E-state index < -0.39 is 56.7 Å². The van der Waals surface area contributed by atoms with Crippen LogP contribution in [0.4, 0.5) is 28.0 Å². The number of hydrogen-bond donors (Lipinski definition) is 2. The number of benzene rings is 3. The molecule has 37 heavy (non-hydrogen) atoms. The maximum Gasteiger partial charge on any atom is 0.329 e. The predicted octanol–water partition coefficient (Wildman–Crippen LogP) is 4.13. The summed E-state index contributed by atoms with van der Waals surface area (Å²) >= 11 is 0. The number of anilines is 1. The molecule has 0 bridgehead atoms. The van der Waals surface area contributed by atoms with Crippen molar-refractivity contribution in [2.75, 3.05) is 11.9 Å². The van der Waals surface area contributed by atoms with Gasteiger partial charge in [-0.15, -0.1) is 0 Å². The number of urea groups is 1. The minimum atomic E-state index is -4.35. The largest absolute Gasteiger partial charge is 0.329 e. The number of rotatable bonds is 6. The van der Waals surface area contributed by atoms with Gasteiger partial charge in [0.05, 0.1) is 10.6 Å². The number of carbonyl (C=O) groups is 2. The van der Waals surface area contributed by atoms with E-state index in [1.807, 2.05) is 4.72 Å². The second-order valence-corrected chi connectivity index (χ2v) is 10.4. The second-order valence-electron chi connectivity index (χ2n) is 8.72. The maximum atomic E-state index is 14.4. The van der Waals surface area contributed by atoms with E-state index in [0.29, 0.717) is 17.7 Å². The molecule has 0 spiro atoms. The summed E-state index contributed by atoms with van der Waals surface area (Å²) in [6.45, 7) is 1.53. The quantitative estimate of drug-likeness (QED) is 0.464. The van der Waals surface area contributed by atoms with Crippen molar-refractivity contribution in [2.24, 2.45) is 0 Å². The van der Waals surface area contributed by atoms with Gasteiger partial charge in [0.15, 0.2) is 0 Å². The van der Waals surface area contributed by atoms with Gasteiger partial charge in [-0.25, -0.2) is 35.5 Å². The Balaban J connectivity index is 1.67. The Hall–Kier alpha value is -3.93. The Bertz CT molecular complexity index is 1500. The minimum Gasteiger partial charge on any atom is -0.322 e. The van der Waals surface area contributed by atoms with Gasteiger partial charge in [0.1, 0.15) is 28.8 Å². The van der Waals surface area contributed by atoms with Gasteiger partial charge >= 0.3 is 6.03 Å². The number of aryl methyl sites for hydroxylation is 1. The number of halogens is 4. The number of nitrogens with zero attached hydrogens (tertiary/aromatic N) is 1. The Morgan fingerprint density at radius 1 is 0.946 bits per heavy atom. The standard InChI is InChI=1S/C25H21F4N3O4S/c1-14-5-3-4-6-22(14)37(35,36)31-24(34)30-25(13-19(25)15-9-17(27)11-18(28)10-15)23(33)32(2)21-8-7-16(26)12-20(21)29/h3-12,19H,13H2,1-2H3,(H2,30,31,34)/t19-,25?/m1/s1. The first kappa shape index (κ1) is 26.1. The van der Waals surface area contributed by atoms with E-state index in [-0.39, 0.29) is 22.6 Å². The van der Waals surface area contributed by atoms with Crippen LogP contribution in [0.2, 0.25) is 0 Å². The molecule has 1 aliphatic carbocycles. The number of carbonyl (C=O) groups excluding carboxylic acids is 2. The molecule has 3 amide bonds. The monoisotopic (exact) mass is 535 g/mol. The van der Waals surface area contributed by atoms with Gasteiger partial charge in [0.2, 0.25) is 0 Å². The van der Waals surface area contributed by atoms with Crippen LogP contribution in [0.5, 0.6) is 0 Å². The van der Waals surface area contributed by atoms with Crippen LogP contribution in [-0.2, 0) is 14.8 Å². The van der Waals surface area contributed by atoms with Gasteiger partial charge in [-0.2, -0.15) is 0 Å². The highest BCUT2D eigenvalue weighted by atomic mass is 32.2. The summed E-state index contributed by atoms with van der Waals surface area (Å²) < 4.78 is 82.9. The van der Waals surface area contributed by atoms with Gasteiger partial charge in [-0.05, 0) is 54.8 Å². The zero-order valence-electron chi connectivity index (χ0n) is 19.6. The molecule has 0 aliphatic heterocycles. The van der Waals surface area contributed by atoms with Crippen molar-refractivity contribution in [3.8, 4) is 0 Å². The smallest absolute Gasteiger partial charge is 0.322 e. The van der Waals surface area contributed by atoms with Crippen LogP contribution < -0.4 is 14.9 Å². The lowest BCUT2D eigenvalue weighted by atomic mass is 10.0. The summed E-state index contributed by atoms with van der Waals surface area (Å²) in [6.07, 6.45) is -0.167. The van der Waals surface area contributed by atoms with Gasteiger partial charge < -0.3 is 10.2 Å². The fourth-order valence-electron chi connectivity index (χ4n) is 4.29. The van der Waals surface area contributed by atoms with Crippen molar-refractivity contribution in [2.45, 2.75) is 29.7 Å². The van der Waals surface area contributed by atoms with Crippen LogP contribution in [0, 0.1) is 30.2 Å². The number of sulfonamides is 1. The van der Waals surface area contributed by atoms with Gasteiger partial charge in [0.25, 0.3) is 15.9 Å². The first-order valence-electron chi connectivity index (χ1n) is 10.9. The zero-order valence-corrected chi connectivity index (χ0v) is 20.4. The number of nitrogens with one attached hydrogen (secondary N) is 2. The average molecular weight is 536 g/mol. The lowest BCUT2D eigenvalue weighted by Crippen LogP contribution is -2.54. The van der Waals surface area contributed by atoms with Crippen LogP contribution in [0.3, 0.4) is 0 Å². The summed E-state index contributed by atoms with van der Waals surface area (Å²) in [4.78, 5) is 27.0. The van der Waals surface area contributed by atoms with Crippen molar-refractivity contribution in [3.63, 3.8) is 0 Å². The van der Waals surface area contributed by atoms with Crippen molar-refractivity contribution in [1.82, 2.24) is 10.0 Å². The van der Waals surface area contributed by atoms with Crippen LogP contribution in [0.15, 0.2) is 65.6 Å². The Morgan fingerprint density at radius 2 is 1.59 bits per heavy atom. The first-order chi connectivity index (χ1) is 17.3. The third kappa shape index (κ3) is 5.15. The topological polar surface area (TPSA) is 95.6 Å². The summed E-state index contributed by atoms with van der Waals surface area (Å²) in [5.41, 5.74) is -1.81. The number of amides is 3. The molecule has 2 N–H and O–H groups in total. The summed E-state index contributed by atoms with van der Waals surface area (Å²) in [5.74, 6) is -5.67. The zero-order chi connectivity index (χ0) is 27.1. The molecular weight excluding hydrogens is 514 g/mol. The minimum absolute atomic E-state index is 0.0286. The van der Waals surface area contributed by atoms with Crippen molar-refractivity contribution >= 4 is 27.6 Å². The lowest BCUT2D eigenvalue weighted by Gasteiger charge is -2.26. The fraction of sp³-hybridized carbons (Fsp3) is 0.200.